The van der Waals surface area contributed by atoms with Crippen molar-refractivity contribution in [3.8, 4) is 5.75 Å². The second-order valence-corrected chi connectivity index (χ2v) is 4.87. The number of fused-ring (bicyclic) bond motifs is 1. The molecule has 0 saturated carbocycles. The summed E-state index contributed by atoms with van der Waals surface area (Å²) >= 11 is 6.19. The maximum absolute atomic E-state index is 6.19. The number of hydrogen-bond acceptors (Lipinski definition) is 2. The predicted octanol–water partition coefficient (Wildman–Crippen LogP) is 4.21. The van der Waals surface area contributed by atoms with Crippen molar-refractivity contribution in [2.75, 3.05) is 26.2 Å². The molecule has 0 aromatic heterocycles. The molecular weight excluding hydrogens is 258 g/mol. The van der Waals surface area contributed by atoms with Crippen LogP contribution in [0.5, 0.6) is 5.75 Å². The van der Waals surface area contributed by atoms with Crippen LogP contribution in [0.3, 0.4) is 0 Å². The van der Waals surface area contributed by atoms with Gasteiger partial charge in [0, 0.05) is 22.3 Å². The maximum atomic E-state index is 6.19. The first-order valence-electron chi connectivity index (χ1n) is 6.78. The highest BCUT2D eigenvalue weighted by Crippen LogP contribution is 2.31. The van der Waals surface area contributed by atoms with E-state index >= 15 is 0 Å². The summed E-state index contributed by atoms with van der Waals surface area (Å²) in [7, 11) is 0. The van der Waals surface area contributed by atoms with Gasteiger partial charge in [-0.05, 0) is 25.2 Å². The minimum Gasteiger partial charge on any atom is -0.492 e. The fraction of sp³-hybridized carbons (Fsp3) is 0.375. The monoisotopic (exact) mass is 277 g/mol. The van der Waals surface area contributed by atoms with Gasteiger partial charge in [0.2, 0.25) is 0 Å². The first kappa shape index (κ1) is 14.2. The highest BCUT2D eigenvalue weighted by Gasteiger charge is 2.06. The van der Waals surface area contributed by atoms with Crippen molar-refractivity contribution in [1.82, 2.24) is 4.90 Å². The molecule has 0 N–H and O–H groups in total. The van der Waals surface area contributed by atoms with E-state index in [2.05, 4.69) is 18.7 Å². The fourth-order valence-corrected chi connectivity index (χ4v) is 2.41. The standard InChI is InChI=1S/C16H20ClNO/c1-3-18(4-2)11-12-19-16-10-9-15(17)13-7-5-6-8-14(13)16/h5-10H,3-4,11-12H2,1-2H3. The Morgan fingerprint density at radius 2 is 1.68 bits per heavy atom. The first-order valence-corrected chi connectivity index (χ1v) is 7.16. The van der Waals surface area contributed by atoms with E-state index < -0.39 is 0 Å². The lowest BCUT2D eigenvalue weighted by molar-refractivity contribution is 0.224. The Morgan fingerprint density at radius 1 is 1.00 bits per heavy atom. The molecule has 2 aromatic carbocycles. The molecule has 2 nitrogen and oxygen atoms in total. The summed E-state index contributed by atoms with van der Waals surface area (Å²) in [5.74, 6) is 0.909. The van der Waals surface area contributed by atoms with E-state index in [-0.39, 0.29) is 0 Å². The summed E-state index contributed by atoms with van der Waals surface area (Å²) in [4.78, 5) is 2.35. The normalized spacial score (nSPS) is 11.2. The van der Waals surface area contributed by atoms with Crippen LogP contribution >= 0.6 is 11.6 Å². The molecule has 0 aliphatic rings. The lowest BCUT2D eigenvalue weighted by Gasteiger charge is -2.18. The third-order valence-corrected chi connectivity index (χ3v) is 3.72. The Morgan fingerprint density at radius 3 is 2.37 bits per heavy atom. The fourth-order valence-electron chi connectivity index (χ4n) is 2.19. The zero-order valence-corrected chi connectivity index (χ0v) is 12.3. The van der Waals surface area contributed by atoms with Crippen molar-refractivity contribution in [3.05, 3.63) is 41.4 Å². The zero-order chi connectivity index (χ0) is 13.7. The van der Waals surface area contributed by atoms with Gasteiger partial charge in [0.15, 0.2) is 0 Å². The third kappa shape index (κ3) is 3.40. The lowest BCUT2D eigenvalue weighted by atomic mass is 10.1. The van der Waals surface area contributed by atoms with E-state index in [1.54, 1.807) is 0 Å². The molecule has 0 heterocycles. The number of rotatable bonds is 6. The van der Waals surface area contributed by atoms with Crippen LogP contribution < -0.4 is 4.74 Å². The number of hydrogen-bond donors (Lipinski definition) is 0. The van der Waals surface area contributed by atoms with Crippen molar-refractivity contribution in [2.45, 2.75) is 13.8 Å². The second kappa shape index (κ2) is 6.78. The molecule has 2 aromatic rings. The van der Waals surface area contributed by atoms with Gasteiger partial charge in [-0.3, -0.25) is 0 Å². The van der Waals surface area contributed by atoms with Crippen molar-refractivity contribution < 1.29 is 4.74 Å². The van der Waals surface area contributed by atoms with E-state index in [4.69, 9.17) is 16.3 Å². The summed E-state index contributed by atoms with van der Waals surface area (Å²) in [6.07, 6.45) is 0. The van der Waals surface area contributed by atoms with Crippen LogP contribution in [0, 0.1) is 0 Å². The van der Waals surface area contributed by atoms with Crippen LogP contribution in [0.2, 0.25) is 5.02 Å². The van der Waals surface area contributed by atoms with Crippen molar-refractivity contribution in [2.24, 2.45) is 0 Å². The molecule has 0 saturated heterocycles. The van der Waals surface area contributed by atoms with Crippen LogP contribution in [-0.2, 0) is 0 Å². The second-order valence-electron chi connectivity index (χ2n) is 4.47. The quantitative estimate of drug-likeness (QED) is 0.784. The summed E-state index contributed by atoms with van der Waals surface area (Å²) < 4.78 is 5.91. The first-order chi connectivity index (χ1) is 9.26. The largest absolute Gasteiger partial charge is 0.492 e. The molecule has 102 valence electrons. The van der Waals surface area contributed by atoms with Crippen LogP contribution in [0.15, 0.2) is 36.4 Å². The molecule has 0 spiro atoms. The smallest absolute Gasteiger partial charge is 0.127 e. The molecule has 3 heteroatoms. The Hall–Kier alpha value is -1.25. The van der Waals surface area contributed by atoms with Crippen LogP contribution in [0.1, 0.15) is 13.8 Å². The van der Waals surface area contributed by atoms with Gasteiger partial charge >= 0.3 is 0 Å². The average Bonchev–Trinajstić information content (AvgIpc) is 2.46. The molecule has 0 unspecified atom stereocenters. The lowest BCUT2D eigenvalue weighted by Crippen LogP contribution is -2.27. The molecule has 0 bridgehead atoms. The molecule has 0 fully saturated rings. The van der Waals surface area contributed by atoms with E-state index in [0.29, 0.717) is 6.61 Å². The van der Waals surface area contributed by atoms with Gasteiger partial charge in [0.25, 0.3) is 0 Å². The van der Waals surface area contributed by atoms with Gasteiger partial charge in [0.1, 0.15) is 12.4 Å². The van der Waals surface area contributed by atoms with E-state index in [1.807, 2.05) is 36.4 Å². The maximum Gasteiger partial charge on any atom is 0.127 e. The van der Waals surface area contributed by atoms with Crippen LogP contribution in [0.25, 0.3) is 10.8 Å². The Balaban J connectivity index is 2.11. The van der Waals surface area contributed by atoms with E-state index in [1.165, 1.54) is 0 Å². The summed E-state index contributed by atoms with van der Waals surface area (Å²) in [5, 5.41) is 2.89. The Labute approximate surface area is 119 Å². The van der Waals surface area contributed by atoms with Gasteiger partial charge in [-0.15, -0.1) is 0 Å². The highest BCUT2D eigenvalue weighted by molar-refractivity contribution is 6.35. The number of nitrogens with zero attached hydrogens (tertiary/aromatic N) is 1. The molecular formula is C16H20ClNO. The number of benzene rings is 2. The van der Waals surface area contributed by atoms with E-state index in [9.17, 15) is 0 Å². The third-order valence-electron chi connectivity index (χ3n) is 3.39. The van der Waals surface area contributed by atoms with Gasteiger partial charge in [-0.25, -0.2) is 0 Å². The summed E-state index contributed by atoms with van der Waals surface area (Å²) in [6, 6.07) is 11.9. The van der Waals surface area contributed by atoms with Gasteiger partial charge in [0.05, 0.1) is 0 Å². The molecule has 0 radical (unpaired) electrons. The minimum atomic E-state index is 0.702. The topological polar surface area (TPSA) is 12.5 Å². The predicted molar refractivity (Wildman–Crippen MR) is 82.2 cm³/mol. The summed E-state index contributed by atoms with van der Waals surface area (Å²) in [5.41, 5.74) is 0. The van der Waals surface area contributed by atoms with Crippen molar-refractivity contribution in [1.29, 1.82) is 0 Å². The van der Waals surface area contributed by atoms with Gasteiger partial charge < -0.3 is 9.64 Å². The van der Waals surface area contributed by atoms with Crippen molar-refractivity contribution >= 4 is 22.4 Å². The summed E-state index contributed by atoms with van der Waals surface area (Å²) in [6.45, 7) is 8.10. The highest BCUT2D eigenvalue weighted by atomic mass is 35.5. The Bertz CT molecular complexity index is 537. The van der Waals surface area contributed by atoms with Gasteiger partial charge in [-0.1, -0.05) is 49.7 Å². The Kier molecular flexibility index (Phi) is 5.06. The molecule has 0 amide bonds. The molecule has 2 rings (SSSR count). The van der Waals surface area contributed by atoms with Gasteiger partial charge in [-0.2, -0.15) is 0 Å². The molecule has 19 heavy (non-hydrogen) atoms. The minimum absolute atomic E-state index is 0.702. The SMILES string of the molecule is CCN(CC)CCOc1ccc(Cl)c2ccccc12. The van der Waals surface area contributed by atoms with Crippen LogP contribution in [0.4, 0.5) is 0 Å². The van der Waals surface area contributed by atoms with E-state index in [0.717, 1.165) is 41.2 Å². The molecule has 0 aliphatic heterocycles. The zero-order valence-electron chi connectivity index (χ0n) is 11.5. The number of ether oxygens (including phenoxy) is 1. The van der Waals surface area contributed by atoms with Crippen molar-refractivity contribution in [3.63, 3.8) is 0 Å². The number of likely N-dealkylation sites (N-methyl/N-ethyl adjacent to an activating group) is 1. The van der Waals surface area contributed by atoms with Crippen LogP contribution in [-0.4, -0.2) is 31.1 Å². The molecule has 0 atom stereocenters. The molecule has 0 aliphatic carbocycles. The number of halogens is 1. The average molecular weight is 278 g/mol.